The molecule has 4 heteroatoms. The summed E-state index contributed by atoms with van der Waals surface area (Å²) in [6.07, 6.45) is 2.16. The molecule has 1 aromatic heterocycles. The van der Waals surface area contributed by atoms with Crippen molar-refractivity contribution in [2.75, 3.05) is 0 Å². The predicted octanol–water partition coefficient (Wildman–Crippen LogP) is 2.92. The third-order valence-corrected chi connectivity index (χ3v) is 3.95. The lowest BCUT2D eigenvalue weighted by atomic mass is 9.77. The normalized spacial score (nSPS) is 14.2. The van der Waals surface area contributed by atoms with Gasteiger partial charge in [0.05, 0.1) is 5.51 Å². The monoisotopic (exact) mass is 247 g/mol. The minimum Gasteiger partial charge on any atom is -0.480 e. The average Bonchev–Trinajstić information content (AvgIpc) is 2.86. The molecule has 3 nitrogen and oxygen atoms in total. The van der Waals surface area contributed by atoms with Crippen LogP contribution in [0.25, 0.3) is 0 Å². The maximum Gasteiger partial charge on any atom is 0.319 e. The van der Waals surface area contributed by atoms with Crippen LogP contribution in [-0.4, -0.2) is 16.1 Å². The summed E-state index contributed by atoms with van der Waals surface area (Å²) in [5, 5.41) is 9.63. The Bertz CT molecular complexity index is 495. The molecule has 2 aromatic rings. The maximum absolute atomic E-state index is 11.7. The number of aliphatic carboxylic acids is 1. The number of thiazole rings is 1. The van der Waals surface area contributed by atoms with Crippen molar-refractivity contribution in [2.24, 2.45) is 0 Å². The molecule has 1 aromatic carbocycles. The van der Waals surface area contributed by atoms with Gasteiger partial charge in [-0.3, -0.25) is 9.78 Å². The summed E-state index contributed by atoms with van der Waals surface area (Å²) in [6, 6.07) is 9.33. The van der Waals surface area contributed by atoms with Gasteiger partial charge in [-0.1, -0.05) is 37.3 Å². The van der Waals surface area contributed by atoms with Crippen LogP contribution in [0.4, 0.5) is 0 Å². The third kappa shape index (κ3) is 1.85. The number of hydrogen-bond acceptors (Lipinski definition) is 3. The molecule has 17 heavy (non-hydrogen) atoms. The second-order valence-electron chi connectivity index (χ2n) is 3.80. The summed E-state index contributed by atoms with van der Waals surface area (Å²) in [6.45, 7) is 1.89. The van der Waals surface area contributed by atoms with Gasteiger partial charge in [0.1, 0.15) is 5.41 Å². The Morgan fingerprint density at radius 3 is 2.59 bits per heavy atom. The SMILES string of the molecule is CCC(C(=O)O)(c1ccccc1)c1cncs1. The van der Waals surface area contributed by atoms with Gasteiger partial charge in [0.25, 0.3) is 0 Å². The highest BCUT2D eigenvalue weighted by Crippen LogP contribution is 2.37. The fourth-order valence-corrected chi connectivity index (χ4v) is 2.96. The van der Waals surface area contributed by atoms with Gasteiger partial charge < -0.3 is 5.11 Å². The van der Waals surface area contributed by atoms with E-state index in [1.54, 1.807) is 11.7 Å². The fraction of sp³-hybridized carbons (Fsp3) is 0.231. The first-order chi connectivity index (χ1) is 8.21. The van der Waals surface area contributed by atoms with Gasteiger partial charge in [0.2, 0.25) is 0 Å². The van der Waals surface area contributed by atoms with E-state index < -0.39 is 11.4 Å². The van der Waals surface area contributed by atoms with Crippen LogP contribution in [0.3, 0.4) is 0 Å². The second-order valence-corrected chi connectivity index (χ2v) is 4.68. The predicted molar refractivity (Wildman–Crippen MR) is 67.3 cm³/mol. The highest BCUT2D eigenvalue weighted by molar-refractivity contribution is 7.10. The number of hydrogen-bond donors (Lipinski definition) is 1. The van der Waals surface area contributed by atoms with Crippen LogP contribution in [0.15, 0.2) is 42.0 Å². The van der Waals surface area contributed by atoms with Crippen molar-refractivity contribution >= 4 is 17.3 Å². The summed E-state index contributed by atoms with van der Waals surface area (Å²) in [7, 11) is 0. The number of aromatic nitrogens is 1. The van der Waals surface area contributed by atoms with Crippen LogP contribution < -0.4 is 0 Å². The van der Waals surface area contributed by atoms with Crippen molar-refractivity contribution < 1.29 is 9.90 Å². The first-order valence-electron chi connectivity index (χ1n) is 5.39. The van der Waals surface area contributed by atoms with Crippen LogP contribution in [-0.2, 0) is 10.2 Å². The molecule has 88 valence electrons. The smallest absolute Gasteiger partial charge is 0.319 e. The number of carboxylic acid groups (broad SMARTS) is 1. The molecule has 1 heterocycles. The summed E-state index contributed by atoms with van der Waals surface area (Å²) in [5.41, 5.74) is 1.51. The van der Waals surface area contributed by atoms with E-state index in [1.165, 1.54) is 11.3 Å². The zero-order valence-electron chi connectivity index (χ0n) is 9.46. The molecule has 0 saturated carbocycles. The van der Waals surface area contributed by atoms with Crippen LogP contribution in [0.5, 0.6) is 0 Å². The molecule has 0 bridgehead atoms. The first-order valence-corrected chi connectivity index (χ1v) is 6.27. The Kier molecular flexibility index (Phi) is 3.24. The van der Waals surface area contributed by atoms with Gasteiger partial charge in [-0.15, -0.1) is 11.3 Å². The van der Waals surface area contributed by atoms with E-state index in [4.69, 9.17) is 0 Å². The number of carboxylic acids is 1. The van der Waals surface area contributed by atoms with Crippen LogP contribution >= 0.6 is 11.3 Å². The van der Waals surface area contributed by atoms with Crippen molar-refractivity contribution in [3.8, 4) is 0 Å². The van der Waals surface area contributed by atoms with Crippen molar-refractivity contribution in [3.63, 3.8) is 0 Å². The molecular formula is C13H13NO2S. The van der Waals surface area contributed by atoms with E-state index in [2.05, 4.69) is 4.98 Å². The lowest BCUT2D eigenvalue weighted by Gasteiger charge is -2.27. The Morgan fingerprint density at radius 2 is 2.12 bits per heavy atom. The van der Waals surface area contributed by atoms with E-state index in [9.17, 15) is 9.90 Å². The Balaban J connectivity index is 2.63. The lowest BCUT2D eigenvalue weighted by molar-refractivity contribution is -0.142. The quantitative estimate of drug-likeness (QED) is 0.903. The largest absolute Gasteiger partial charge is 0.480 e. The third-order valence-electron chi connectivity index (χ3n) is 3.01. The van der Waals surface area contributed by atoms with E-state index in [1.807, 2.05) is 37.3 Å². The van der Waals surface area contributed by atoms with E-state index in [0.29, 0.717) is 6.42 Å². The van der Waals surface area contributed by atoms with Gasteiger partial charge in [-0.25, -0.2) is 0 Å². The van der Waals surface area contributed by atoms with Gasteiger partial charge in [0.15, 0.2) is 0 Å². The minimum atomic E-state index is -0.970. The zero-order chi connectivity index (χ0) is 12.3. The van der Waals surface area contributed by atoms with Crippen molar-refractivity contribution in [1.82, 2.24) is 4.98 Å². The van der Waals surface area contributed by atoms with Crippen molar-refractivity contribution in [2.45, 2.75) is 18.8 Å². The molecule has 1 unspecified atom stereocenters. The highest BCUT2D eigenvalue weighted by Gasteiger charge is 2.41. The summed E-state index contributed by atoms with van der Waals surface area (Å²) in [5.74, 6) is -0.824. The minimum absolute atomic E-state index is 0.508. The van der Waals surface area contributed by atoms with Crippen LogP contribution in [0, 0.1) is 0 Å². The van der Waals surface area contributed by atoms with Crippen molar-refractivity contribution in [3.05, 3.63) is 52.5 Å². The molecule has 0 spiro atoms. The zero-order valence-corrected chi connectivity index (χ0v) is 10.3. The molecule has 1 atom stereocenters. The van der Waals surface area contributed by atoms with Gasteiger partial charge in [-0.05, 0) is 12.0 Å². The second kappa shape index (κ2) is 4.67. The summed E-state index contributed by atoms with van der Waals surface area (Å²) in [4.78, 5) is 16.5. The fourth-order valence-electron chi connectivity index (χ4n) is 2.05. The summed E-state index contributed by atoms with van der Waals surface area (Å²) < 4.78 is 0. The average molecular weight is 247 g/mol. The van der Waals surface area contributed by atoms with Crippen LogP contribution in [0.2, 0.25) is 0 Å². The maximum atomic E-state index is 11.7. The number of rotatable bonds is 4. The highest BCUT2D eigenvalue weighted by atomic mass is 32.1. The number of benzene rings is 1. The summed E-state index contributed by atoms with van der Waals surface area (Å²) >= 11 is 1.39. The number of carbonyl (C=O) groups is 1. The molecular weight excluding hydrogens is 234 g/mol. The molecule has 0 fully saturated rings. The van der Waals surface area contributed by atoms with E-state index in [-0.39, 0.29) is 0 Å². The number of nitrogens with zero attached hydrogens (tertiary/aromatic N) is 1. The molecule has 0 radical (unpaired) electrons. The molecule has 0 amide bonds. The standard InChI is InChI=1S/C13H13NO2S/c1-2-13(12(15)16,11-8-14-9-17-11)10-6-4-3-5-7-10/h3-9H,2H2,1H3,(H,15,16). The topological polar surface area (TPSA) is 50.2 Å². The molecule has 0 aliphatic heterocycles. The molecule has 0 aliphatic rings. The molecule has 0 saturated heterocycles. The Morgan fingerprint density at radius 1 is 1.41 bits per heavy atom. The molecule has 2 rings (SSSR count). The van der Waals surface area contributed by atoms with Crippen molar-refractivity contribution in [1.29, 1.82) is 0 Å². The Hall–Kier alpha value is -1.68. The van der Waals surface area contributed by atoms with E-state index >= 15 is 0 Å². The van der Waals surface area contributed by atoms with E-state index in [0.717, 1.165) is 10.4 Å². The Labute approximate surface area is 104 Å². The van der Waals surface area contributed by atoms with Crippen LogP contribution in [0.1, 0.15) is 23.8 Å². The first kappa shape index (κ1) is 11.8. The van der Waals surface area contributed by atoms with Gasteiger partial charge >= 0.3 is 5.97 Å². The molecule has 1 N–H and O–H groups in total. The van der Waals surface area contributed by atoms with Gasteiger partial charge in [-0.2, -0.15) is 0 Å². The molecule has 0 aliphatic carbocycles. The lowest BCUT2D eigenvalue weighted by Crippen LogP contribution is -2.35. The van der Waals surface area contributed by atoms with Gasteiger partial charge in [0, 0.05) is 11.1 Å².